The number of hydrogen-bond donors (Lipinski definition) is 1. The van der Waals surface area contributed by atoms with Gasteiger partial charge in [0.2, 0.25) is 0 Å². The summed E-state index contributed by atoms with van der Waals surface area (Å²) in [6.07, 6.45) is 2.97. The van der Waals surface area contributed by atoms with E-state index in [1.165, 1.54) is 17.9 Å². The molecule has 1 amide bonds. The second-order valence-electron chi connectivity index (χ2n) is 7.92. The van der Waals surface area contributed by atoms with Gasteiger partial charge in [0, 0.05) is 6.92 Å². The summed E-state index contributed by atoms with van der Waals surface area (Å²) in [6.45, 7) is 5.48. The van der Waals surface area contributed by atoms with E-state index in [0.717, 1.165) is 16.9 Å². The maximum Gasteiger partial charge on any atom is 0.296 e. The molecule has 35 heavy (non-hydrogen) atoms. The lowest BCUT2D eigenvalue weighted by molar-refractivity contribution is -0.117. The first-order valence-corrected chi connectivity index (χ1v) is 11.9. The van der Waals surface area contributed by atoms with Gasteiger partial charge in [-0.2, -0.15) is 0 Å². The molecule has 0 saturated carbocycles. The lowest BCUT2D eigenvalue weighted by Crippen LogP contribution is -2.30. The van der Waals surface area contributed by atoms with Crippen LogP contribution in [0, 0.1) is 6.92 Å². The van der Waals surface area contributed by atoms with Crippen molar-refractivity contribution >= 4 is 40.0 Å². The van der Waals surface area contributed by atoms with E-state index in [1.54, 1.807) is 37.3 Å². The number of carbonyl (C=O) groups excluding carboxylic acids is 3. The molecule has 4 rings (SSSR count). The van der Waals surface area contributed by atoms with Crippen LogP contribution >= 0.6 is 11.3 Å². The van der Waals surface area contributed by atoms with Crippen molar-refractivity contribution in [3.8, 4) is 5.75 Å². The number of Topliss-reactive ketones (excluding diaryl/α,β-unsaturated/α-hetero) is 1. The molecule has 2 aromatic carbocycles. The summed E-state index contributed by atoms with van der Waals surface area (Å²) >= 11 is 1.06. The van der Waals surface area contributed by atoms with Crippen molar-refractivity contribution in [2.45, 2.75) is 26.8 Å². The Hall–Kier alpha value is -4.04. The SMILES string of the molecule is CCOc1ccc(C2C(C(=O)/C=C/c3ccccc3)=C(O)C(=O)N2c2nc(C)c(C(C)=O)s2)cc1. The first-order valence-electron chi connectivity index (χ1n) is 11.1. The van der Waals surface area contributed by atoms with Gasteiger partial charge in [-0.3, -0.25) is 19.3 Å². The number of ketones is 2. The van der Waals surface area contributed by atoms with Gasteiger partial charge in [0.05, 0.1) is 28.8 Å². The highest BCUT2D eigenvalue weighted by molar-refractivity contribution is 7.17. The van der Waals surface area contributed by atoms with Gasteiger partial charge in [0.1, 0.15) is 5.75 Å². The lowest BCUT2D eigenvalue weighted by atomic mass is 9.95. The van der Waals surface area contributed by atoms with Crippen LogP contribution in [0.2, 0.25) is 0 Å². The highest BCUT2D eigenvalue weighted by Gasteiger charge is 2.45. The van der Waals surface area contributed by atoms with E-state index >= 15 is 0 Å². The molecule has 178 valence electrons. The number of anilines is 1. The molecule has 2 heterocycles. The van der Waals surface area contributed by atoms with Gasteiger partial charge in [-0.05, 0) is 43.2 Å². The van der Waals surface area contributed by atoms with Gasteiger partial charge in [0.15, 0.2) is 22.5 Å². The Labute approximate surface area is 207 Å². The number of aromatic nitrogens is 1. The topological polar surface area (TPSA) is 96.8 Å². The molecule has 0 aliphatic carbocycles. The molecule has 1 atom stereocenters. The van der Waals surface area contributed by atoms with E-state index < -0.39 is 23.5 Å². The fourth-order valence-corrected chi connectivity index (χ4v) is 4.91. The highest BCUT2D eigenvalue weighted by atomic mass is 32.1. The number of ether oxygens (including phenoxy) is 1. The van der Waals surface area contributed by atoms with Crippen molar-refractivity contribution in [1.82, 2.24) is 4.98 Å². The van der Waals surface area contributed by atoms with E-state index in [1.807, 2.05) is 37.3 Å². The quantitative estimate of drug-likeness (QED) is 0.344. The zero-order valence-electron chi connectivity index (χ0n) is 19.5. The fraction of sp³-hybridized carbons (Fsp3) is 0.185. The molecule has 8 heteroatoms. The molecule has 1 aliphatic heterocycles. The summed E-state index contributed by atoms with van der Waals surface area (Å²) in [5.74, 6) is -1.41. The molecule has 0 spiro atoms. The lowest BCUT2D eigenvalue weighted by Gasteiger charge is -2.24. The Morgan fingerprint density at radius 1 is 1.14 bits per heavy atom. The summed E-state index contributed by atoms with van der Waals surface area (Å²) in [4.78, 5) is 44.7. The average Bonchev–Trinajstić information content (AvgIpc) is 3.36. The van der Waals surface area contributed by atoms with Gasteiger partial charge < -0.3 is 9.84 Å². The van der Waals surface area contributed by atoms with E-state index in [4.69, 9.17) is 4.74 Å². The molecule has 0 fully saturated rings. The molecule has 3 aromatic rings. The minimum atomic E-state index is -0.920. The largest absolute Gasteiger partial charge is 0.503 e. The molecule has 1 aliphatic rings. The molecule has 1 unspecified atom stereocenters. The number of thiazole rings is 1. The number of aliphatic hydroxyl groups is 1. The highest BCUT2D eigenvalue weighted by Crippen LogP contribution is 2.43. The number of carbonyl (C=O) groups is 3. The third-order valence-corrected chi connectivity index (χ3v) is 6.78. The number of rotatable bonds is 8. The molecule has 0 saturated heterocycles. The first-order chi connectivity index (χ1) is 16.8. The fourth-order valence-electron chi connectivity index (χ4n) is 3.92. The van der Waals surface area contributed by atoms with Gasteiger partial charge >= 0.3 is 0 Å². The third kappa shape index (κ3) is 4.79. The number of aryl methyl sites for hydroxylation is 1. The normalized spacial score (nSPS) is 15.8. The monoisotopic (exact) mass is 488 g/mol. The second kappa shape index (κ2) is 10.1. The predicted octanol–water partition coefficient (Wildman–Crippen LogP) is 5.24. The number of benzene rings is 2. The van der Waals surface area contributed by atoms with E-state index in [2.05, 4.69) is 4.98 Å². The summed E-state index contributed by atoms with van der Waals surface area (Å²) in [5.41, 5.74) is 1.84. The molecule has 1 aromatic heterocycles. The molecule has 0 radical (unpaired) electrons. The zero-order valence-corrected chi connectivity index (χ0v) is 20.3. The molecule has 7 nitrogen and oxygen atoms in total. The molecular weight excluding hydrogens is 464 g/mol. The Balaban J connectivity index is 1.79. The van der Waals surface area contributed by atoms with Crippen molar-refractivity contribution in [3.05, 3.63) is 93.7 Å². The number of aliphatic hydroxyl groups excluding tert-OH is 1. The van der Waals surface area contributed by atoms with Crippen molar-refractivity contribution in [1.29, 1.82) is 0 Å². The maximum atomic E-state index is 13.3. The van der Waals surface area contributed by atoms with Crippen molar-refractivity contribution < 1.29 is 24.2 Å². The van der Waals surface area contributed by atoms with Crippen molar-refractivity contribution in [2.75, 3.05) is 11.5 Å². The van der Waals surface area contributed by atoms with Crippen molar-refractivity contribution in [2.24, 2.45) is 0 Å². The van der Waals surface area contributed by atoms with Crippen LogP contribution in [0.4, 0.5) is 5.13 Å². The van der Waals surface area contributed by atoms with E-state index in [0.29, 0.717) is 28.5 Å². The van der Waals surface area contributed by atoms with Crippen LogP contribution in [0.25, 0.3) is 6.08 Å². The summed E-state index contributed by atoms with van der Waals surface area (Å²) in [7, 11) is 0. The van der Waals surface area contributed by atoms with Crippen LogP contribution in [0.5, 0.6) is 5.75 Å². The van der Waals surface area contributed by atoms with Gasteiger partial charge in [0.25, 0.3) is 5.91 Å². The Kier molecular flexibility index (Phi) is 6.93. The van der Waals surface area contributed by atoms with Crippen molar-refractivity contribution in [3.63, 3.8) is 0 Å². The zero-order chi connectivity index (χ0) is 25.1. The number of allylic oxidation sites excluding steroid dienone is 1. The summed E-state index contributed by atoms with van der Waals surface area (Å²) < 4.78 is 5.52. The average molecular weight is 489 g/mol. The summed E-state index contributed by atoms with van der Waals surface area (Å²) in [6, 6.07) is 15.3. The molecule has 1 N–H and O–H groups in total. The Morgan fingerprint density at radius 2 is 1.83 bits per heavy atom. The molecular formula is C27H24N2O5S. The van der Waals surface area contributed by atoms with E-state index in [9.17, 15) is 19.5 Å². The van der Waals surface area contributed by atoms with E-state index in [-0.39, 0.29) is 16.5 Å². The van der Waals surface area contributed by atoms with Gasteiger partial charge in [-0.25, -0.2) is 4.98 Å². The van der Waals surface area contributed by atoms with Gasteiger partial charge in [-0.1, -0.05) is 59.9 Å². The Morgan fingerprint density at radius 3 is 2.43 bits per heavy atom. The first kappa shape index (κ1) is 24.1. The number of nitrogens with zero attached hydrogens (tertiary/aromatic N) is 2. The predicted molar refractivity (Wildman–Crippen MR) is 135 cm³/mol. The van der Waals surface area contributed by atoms with Crippen LogP contribution < -0.4 is 9.64 Å². The third-order valence-electron chi connectivity index (χ3n) is 5.52. The van der Waals surface area contributed by atoms with Crippen LogP contribution in [-0.4, -0.2) is 34.2 Å². The standard InChI is InChI=1S/C27H24N2O5S/c1-4-34-20-13-11-19(12-14-20)23-22(21(31)15-10-18-8-6-5-7-9-18)24(32)26(33)29(23)27-28-16(2)25(35-27)17(3)30/h5-15,23,32H,4H2,1-3H3/b15-10+. The number of amides is 1. The maximum absolute atomic E-state index is 13.3. The van der Waals surface area contributed by atoms with Gasteiger partial charge in [-0.15, -0.1) is 0 Å². The minimum Gasteiger partial charge on any atom is -0.503 e. The van der Waals surface area contributed by atoms with Crippen LogP contribution in [0.15, 0.2) is 72.0 Å². The molecule has 0 bridgehead atoms. The second-order valence-corrected chi connectivity index (χ2v) is 8.89. The summed E-state index contributed by atoms with van der Waals surface area (Å²) in [5, 5.41) is 11.1. The van der Waals surface area contributed by atoms with Crippen LogP contribution in [0.1, 0.15) is 46.4 Å². The van der Waals surface area contributed by atoms with Crippen LogP contribution in [-0.2, 0) is 9.59 Å². The smallest absolute Gasteiger partial charge is 0.296 e. The Bertz CT molecular complexity index is 1340. The minimum absolute atomic E-state index is 0.0523. The van der Waals surface area contributed by atoms with Crippen LogP contribution in [0.3, 0.4) is 0 Å². The number of hydrogen-bond acceptors (Lipinski definition) is 7.